The number of allylic oxidation sites excluding steroid dienone is 2. The number of carbonyl (C=O) groups excluding carboxylic acids is 1. The molecule has 142 valence electrons. The zero-order chi connectivity index (χ0) is 17.7. The summed E-state index contributed by atoms with van der Waals surface area (Å²) in [5.41, 5.74) is 0. The molecule has 0 radical (unpaired) electrons. The Hall–Kier alpha value is 0.846. The van der Waals surface area contributed by atoms with E-state index in [9.17, 15) is 9.90 Å². The standard InChI is InChI=1S/C22H42O2.K/c1-2-3-4-5-6-7-8-9-10-11-12-13-14-15-16-17-18-19-20-21-22(23)24;/h9-10H,2-8,11-21H2,1H3,(H,23,24);/q;+1/p-1. The summed E-state index contributed by atoms with van der Waals surface area (Å²) >= 11 is 0. The van der Waals surface area contributed by atoms with Crippen molar-refractivity contribution < 1.29 is 61.3 Å². The molecular weight excluding hydrogens is 335 g/mol. The van der Waals surface area contributed by atoms with Crippen molar-refractivity contribution in [3.63, 3.8) is 0 Å². The van der Waals surface area contributed by atoms with Crippen LogP contribution in [0.4, 0.5) is 0 Å². The van der Waals surface area contributed by atoms with Gasteiger partial charge in [0, 0.05) is 5.97 Å². The molecule has 0 aromatic carbocycles. The maximum Gasteiger partial charge on any atom is 1.00 e. The third kappa shape index (κ3) is 27.2. The fourth-order valence-corrected chi connectivity index (χ4v) is 3.05. The predicted octanol–water partition coefficient (Wildman–Crippen LogP) is 3.34. The molecule has 0 saturated heterocycles. The van der Waals surface area contributed by atoms with Gasteiger partial charge < -0.3 is 9.90 Å². The zero-order valence-corrected chi connectivity index (χ0v) is 20.3. The first-order valence-electron chi connectivity index (χ1n) is 10.6. The molecule has 0 saturated carbocycles. The van der Waals surface area contributed by atoms with Crippen molar-refractivity contribution in [1.82, 2.24) is 0 Å². The van der Waals surface area contributed by atoms with Crippen LogP contribution in [-0.2, 0) is 4.79 Å². The maximum atomic E-state index is 10.3. The number of aliphatic carboxylic acids is 1. The monoisotopic (exact) mass is 376 g/mol. The van der Waals surface area contributed by atoms with Gasteiger partial charge in [0.05, 0.1) is 0 Å². The second kappa shape index (κ2) is 24.8. The van der Waals surface area contributed by atoms with Gasteiger partial charge in [-0.2, -0.15) is 0 Å². The van der Waals surface area contributed by atoms with Gasteiger partial charge in [-0.15, -0.1) is 0 Å². The Morgan fingerprint density at radius 2 is 1.00 bits per heavy atom. The van der Waals surface area contributed by atoms with Crippen LogP contribution in [0.1, 0.15) is 122 Å². The van der Waals surface area contributed by atoms with Gasteiger partial charge in [0.15, 0.2) is 0 Å². The summed E-state index contributed by atoms with van der Waals surface area (Å²) in [6.45, 7) is 2.27. The molecular formula is C22H41KO2. The summed E-state index contributed by atoms with van der Waals surface area (Å²) in [6.07, 6.45) is 26.8. The molecule has 0 aromatic heterocycles. The van der Waals surface area contributed by atoms with Crippen LogP contribution >= 0.6 is 0 Å². The number of rotatable bonds is 19. The zero-order valence-electron chi connectivity index (χ0n) is 17.2. The molecule has 0 N–H and O–H groups in total. The van der Waals surface area contributed by atoms with Crippen LogP contribution in [0, 0.1) is 0 Å². The second-order valence-electron chi connectivity index (χ2n) is 7.12. The first-order chi connectivity index (χ1) is 11.8. The van der Waals surface area contributed by atoms with Gasteiger partial charge in [-0.3, -0.25) is 0 Å². The van der Waals surface area contributed by atoms with Gasteiger partial charge in [0.1, 0.15) is 0 Å². The third-order valence-corrected chi connectivity index (χ3v) is 4.64. The predicted molar refractivity (Wildman–Crippen MR) is 103 cm³/mol. The van der Waals surface area contributed by atoms with Gasteiger partial charge in [0.25, 0.3) is 0 Å². The van der Waals surface area contributed by atoms with E-state index in [2.05, 4.69) is 19.1 Å². The summed E-state index contributed by atoms with van der Waals surface area (Å²) < 4.78 is 0. The molecule has 0 bridgehead atoms. The van der Waals surface area contributed by atoms with Crippen LogP contribution in [0.25, 0.3) is 0 Å². The van der Waals surface area contributed by atoms with E-state index in [1.165, 1.54) is 96.3 Å². The summed E-state index contributed by atoms with van der Waals surface area (Å²) in [5, 5.41) is 10.3. The number of carboxylic acids is 1. The van der Waals surface area contributed by atoms with E-state index in [0.717, 1.165) is 12.8 Å². The van der Waals surface area contributed by atoms with E-state index < -0.39 is 5.97 Å². The summed E-state index contributed by atoms with van der Waals surface area (Å²) in [4.78, 5) is 10.3. The molecule has 0 rings (SSSR count). The molecule has 0 spiro atoms. The van der Waals surface area contributed by atoms with Gasteiger partial charge in [-0.1, -0.05) is 96.1 Å². The van der Waals surface area contributed by atoms with Gasteiger partial charge in [0.2, 0.25) is 0 Å². The Bertz CT molecular complexity index is 290. The van der Waals surface area contributed by atoms with E-state index in [4.69, 9.17) is 0 Å². The van der Waals surface area contributed by atoms with Crippen molar-refractivity contribution in [2.24, 2.45) is 0 Å². The van der Waals surface area contributed by atoms with Gasteiger partial charge in [-0.25, -0.2) is 0 Å². The first kappa shape index (κ1) is 28.1. The molecule has 0 amide bonds. The average Bonchev–Trinajstić information content (AvgIpc) is 2.56. The molecule has 2 nitrogen and oxygen atoms in total. The minimum Gasteiger partial charge on any atom is -0.550 e. The Labute approximate surface area is 200 Å². The third-order valence-electron chi connectivity index (χ3n) is 4.64. The van der Waals surface area contributed by atoms with Crippen molar-refractivity contribution in [2.45, 2.75) is 122 Å². The average molecular weight is 377 g/mol. The largest absolute Gasteiger partial charge is 1.00 e. The maximum absolute atomic E-state index is 10.3. The minimum atomic E-state index is -0.906. The molecule has 0 unspecified atom stereocenters. The molecule has 25 heavy (non-hydrogen) atoms. The quantitative estimate of drug-likeness (QED) is 0.197. The number of hydrogen-bond acceptors (Lipinski definition) is 2. The van der Waals surface area contributed by atoms with Crippen molar-refractivity contribution in [3.8, 4) is 0 Å². The van der Waals surface area contributed by atoms with Crippen molar-refractivity contribution in [1.29, 1.82) is 0 Å². The fourth-order valence-electron chi connectivity index (χ4n) is 3.05. The van der Waals surface area contributed by atoms with E-state index in [-0.39, 0.29) is 57.8 Å². The summed E-state index contributed by atoms with van der Waals surface area (Å²) in [5.74, 6) is -0.906. The molecule has 0 aliphatic carbocycles. The number of hydrogen-bond donors (Lipinski definition) is 0. The molecule has 0 aromatic rings. The van der Waals surface area contributed by atoms with Gasteiger partial charge in [-0.05, 0) is 38.5 Å². The van der Waals surface area contributed by atoms with Crippen molar-refractivity contribution in [3.05, 3.63) is 12.2 Å². The van der Waals surface area contributed by atoms with E-state index in [1.54, 1.807) is 0 Å². The SMILES string of the molecule is CCCCCCCCC=CCCCCCCCCCCCC(=O)[O-].[K+]. The molecule has 0 aliphatic heterocycles. The van der Waals surface area contributed by atoms with Crippen molar-refractivity contribution in [2.75, 3.05) is 0 Å². The first-order valence-corrected chi connectivity index (χ1v) is 10.6. The summed E-state index contributed by atoms with van der Waals surface area (Å²) in [7, 11) is 0. The Kier molecular flexibility index (Phi) is 27.9. The number of unbranched alkanes of at least 4 members (excludes halogenated alkanes) is 15. The Morgan fingerprint density at radius 1 is 0.640 bits per heavy atom. The van der Waals surface area contributed by atoms with Crippen LogP contribution in [0.5, 0.6) is 0 Å². The molecule has 3 heteroatoms. The van der Waals surface area contributed by atoms with E-state index >= 15 is 0 Å². The second-order valence-corrected chi connectivity index (χ2v) is 7.12. The topological polar surface area (TPSA) is 40.1 Å². The molecule has 0 heterocycles. The number of carboxylic acid groups (broad SMARTS) is 1. The van der Waals surface area contributed by atoms with Crippen LogP contribution in [0.15, 0.2) is 12.2 Å². The van der Waals surface area contributed by atoms with Gasteiger partial charge >= 0.3 is 51.4 Å². The number of carbonyl (C=O) groups is 1. The van der Waals surface area contributed by atoms with Crippen LogP contribution in [-0.4, -0.2) is 5.97 Å². The van der Waals surface area contributed by atoms with E-state index in [1.807, 2.05) is 0 Å². The molecule has 0 fully saturated rings. The van der Waals surface area contributed by atoms with Crippen LogP contribution in [0.2, 0.25) is 0 Å². The summed E-state index contributed by atoms with van der Waals surface area (Å²) in [6, 6.07) is 0. The Morgan fingerprint density at radius 3 is 1.40 bits per heavy atom. The van der Waals surface area contributed by atoms with Crippen molar-refractivity contribution >= 4 is 5.97 Å². The van der Waals surface area contributed by atoms with Crippen LogP contribution in [0.3, 0.4) is 0 Å². The normalized spacial score (nSPS) is 10.9. The Balaban J connectivity index is 0. The minimum absolute atomic E-state index is 0. The van der Waals surface area contributed by atoms with Crippen LogP contribution < -0.4 is 56.5 Å². The molecule has 0 aliphatic rings. The molecule has 0 atom stereocenters. The van der Waals surface area contributed by atoms with E-state index in [0.29, 0.717) is 0 Å². The fraction of sp³-hybridized carbons (Fsp3) is 0.864. The smallest absolute Gasteiger partial charge is 0.550 e.